The third-order valence-corrected chi connectivity index (χ3v) is 6.79. The van der Waals surface area contributed by atoms with Gasteiger partial charge < -0.3 is 9.94 Å². The molecule has 17 heteroatoms. The minimum absolute atomic E-state index is 0.0578. The zero-order valence-electron chi connectivity index (χ0n) is 24.4. The largest absolute Gasteiger partial charge is 0.569 e. The zero-order valence-corrected chi connectivity index (χ0v) is 24.4. The number of benzene rings is 4. The van der Waals surface area contributed by atoms with Crippen molar-refractivity contribution >= 4 is 28.1 Å². The zero-order chi connectivity index (χ0) is 33.8. The van der Waals surface area contributed by atoms with Gasteiger partial charge in [-0.3, -0.25) is 29.9 Å². The molecule has 0 saturated heterocycles. The Hall–Kier alpha value is -6.78. The van der Waals surface area contributed by atoms with Crippen molar-refractivity contribution in [1.82, 2.24) is 15.2 Å². The van der Waals surface area contributed by atoms with Crippen molar-refractivity contribution in [3.63, 3.8) is 0 Å². The molecule has 0 aliphatic carbocycles. The predicted molar refractivity (Wildman–Crippen MR) is 162 cm³/mol. The van der Waals surface area contributed by atoms with Gasteiger partial charge in [-0.15, -0.1) is 0 Å². The third kappa shape index (κ3) is 6.83. The number of carbonyl (C=O) groups excluding carboxylic acids is 1. The Morgan fingerprint density at radius 1 is 0.915 bits per heavy atom. The number of hydrogen-bond donors (Lipinski definition) is 1. The summed E-state index contributed by atoms with van der Waals surface area (Å²) in [7, 11) is 2.61. The number of aromatic nitrogens is 2. The average molecular weight is 644 g/mol. The second-order valence-corrected chi connectivity index (χ2v) is 10.1. The summed E-state index contributed by atoms with van der Waals surface area (Å²) in [5.41, 5.74) is -0.704. The van der Waals surface area contributed by atoms with Gasteiger partial charge in [-0.25, -0.2) is 14.3 Å². The molecule has 5 aromatic rings. The van der Waals surface area contributed by atoms with Crippen molar-refractivity contribution in [3.05, 3.63) is 137 Å². The summed E-state index contributed by atoms with van der Waals surface area (Å²) in [6.45, 7) is 0. The first-order valence-corrected chi connectivity index (χ1v) is 13.5. The van der Waals surface area contributed by atoms with Crippen molar-refractivity contribution in [3.8, 4) is 22.6 Å². The minimum Gasteiger partial charge on any atom is -0.569 e. The van der Waals surface area contributed by atoms with E-state index >= 15 is 0 Å². The number of hydrazine groups is 1. The minimum atomic E-state index is -1.12. The molecule has 0 fully saturated rings. The van der Waals surface area contributed by atoms with Gasteiger partial charge in [0.25, 0.3) is 5.56 Å². The van der Waals surface area contributed by atoms with Gasteiger partial charge in [-0.1, -0.05) is 42.5 Å². The average Bonchev–Trinajstić information content (AvgIpc) is 3.05. The summed E-state index contributed by atoms with van der Waals surface area (Å²) in [4.78, 5) is 52.4. The normalized spacial score (nSPS) is 11.3. The number of aromatic amines is 1. The van der Waals surface area contributed by atoms with Crippen LogP contribution in [0.1, 0.15) is 21.6 Å². The molecule has 0 amide bonds. The quantitative estimate of drug-likeness (QED) is 0.0529. The fourth-order valence-corrected chi connectivity index (χ4v) is 4.54. The fourth-order valence-electron chi connectivity index (χ4n) is 4.54. The van der Waals surface area contributed by atoms with E-state index < -0.39 is 44.5 Å². The molecule has 1 aromatic heterocycles. The smallest absolute Gasteiger partial charge is 0.344 e. The maximum atomic E-state index is 13.8. The Morgan fingerprint density at radius 2 is 1.57 bits per heavy atom. The lowest BCUT2D eigenvalue weighted by atomic mass is 9.95. The van der Waals surface area contributed by atoms with Crippen molar-refractivity contribution in [1.29, 1.82) is 0 Å². The Kier molecular flexibility index (Phi) is 8.79. The lowest BCUT2D eigenvalue weighted by Crippen LogP contribution is -2.21. The van der Waals surface area contributed by atoms with Crippen molar-refractivity contribution in [2.45, 2.75) is 6.42 Å². The maximum Gasteiger partial charge on any atom is 0.344 e. The number of nitrogens with one attached hydrogen (secondary N) is 1. The number of fused-ring (bicyclic) bond motifs is 1. The molecule has 4 aromatic carbocycles. The van der Waals surface area contributed by atoms with Gasteiger partial charge in [-0.05, 0) is 41.0 Å². The molecule has 0 radical (unpaired) electrons. The number of hydrogen-bond acceptors (Lipinski definition) is 11. The molecular formula is C30H22FN7O9. The molecule has 0 unspecified atom stereocenters. The summed E-state index contributed by atoms with van der Waals surface area (Å²) < 4.78 is 19.2. The second-order valence-electron chi connectivity index (χ2n) is 10.1. The van der Waals surface area contributed by atoms with Crippen LogP contribution in [0.4, 0.5) is 15.8 Å². The van der Waals surface area contributed by atoms with Crippen LogP contribution in [-0.4, -0.2) is 50.1 Å². The van der Waals surface area contributed by atoms with Gasteiger partial charge in [0.05, 0.1) is 45.6 Å². The molecule has 16 nitrogen and oxygen atoms in total. The molecule has 1 N–H and O–H groups in total. The van der Waals surface area contributed by atoms with Gasteiger partial charge in [0, 0.05) is 17.9 Å². The van der Waals surface area contributed by atoms with Crippen molar-refractivity contribution in [2.75, 3.05) is 14.1 Å². The van der Waals surface area contributed by atoms with Crippen molar-refractivity contribution in [2.24, 2.45) is 5.28 Å². The Labute approximate surface area is 262 Å². The molecule has 238 valence electrons. The molecular weight excluding hydrogens is 621 g/mol. The first kappa shape index (κ1) is 31.6. The Balaban J connectivity index is 1.60. The molecule has 47 heavy (non-hydrogen) atoms. The van der Waals surface area contributed by atoms with Gasteiger partial charge in [0.2, 0.25) is 16.8 Å². The number of esters is 1. The Morgan fingerprint density at radius 3 is 2.23 bits per heavy atom. The van der Waals surface area contributed by atoms with Crippen LogP contribution < -0.4 is 15.1 Å². The maximum absolute atomic E-state index is 13.8. The summed E-state index contributed by atoms with van der Waals surface area (Å²) in [5, 5.41) is 47.0. The Bertz CT molecular complexity index is 2130. The third-order valence-electron chi connectivity index (χ3n) is 6.79. The highest BCUT2D eigenvalue weighted by Gasteiger charge is 2.30. The molecule has 0 spiro atoms. The number of nitro groups is 2. The highest BCUT2D eigenvalue weighted by molar-refractivity contribution is 5.99. The van der Waals surface area contributed by atoms with Crippen LogP contribution in [0.2, 0.25) is 0 Å². The highest BCUT2D eigenvalue weighted by Crippen LogP contribution is 2.40. The van der Waals surface area contributed by atoms with Crippen LogP contribution >= 0.6 is 0 Å². The van der Waals surface area contributed by atoms with E-state index in [9.17, 15) is 39.4 Å². The number of H-pyrrole nitrogens is 1. The number of ether oxygens (including phenoxy) is 1. The van der Waals surface area contributed by atoms with Crippen LogP contribution in [0.5, 0.6) is 11.5 Å². The first-order chi connectivity index (χ1) is 22.4. The first-order valence-electron chi connectivity index (χ1n) is 13.5. The van der Waals surface area contributed by atoms with E-state index in [4.69, 9.17) is 9.57 Å². The molecule has 0 atom stereocenters. The molecule has 1 heterocycles. The monoisotopic (exact) mass is 643 g/mol. The number of nitrogens with zero attached hydrogens (tertiary/aromatic N) is 6. The summed E-state index contributed by atoms with van der Waals surface area (Å²) >= 11 is 0. The lowest BCUT2D eigenvalue weighted by Gasteiger charge is -2.13. The number of nitro benzene ring substituents is 2. The topological polar surface area (TPSA) is 209 Å². The van der Waals surface area contributed by atoms with Gasteiger partial charge >= 0.3 is 17.3 Å². The second kappa shape index (κ2) is 13.1. The van der Waals surface area contributed by atoms with E-state index in [0.29, 0.717) is 39.7 Å². The van der Waals surface area contributed by atoms with Crippen LogP contribution in [0.3, 0.4) is 0 Å². The summed E-state index contributed by atoms with van der Waals surface area (Å²) in [6.07, 6.45) is 0.135. The SMILES string of the molecule is CN(C)/[N+]([O-])=N\Oc1cc(OC(=O)c2cc(Cc3n[nH]c(=O)c4ccccc34)ccc2-c2ccc(F)cc2)c([N+](=O)[O-])cc1[N+](=O)[O-]. The van der Waals surface area contributed by atoms with Crippen LogP contribution in [0.25, 0.3) is 21.9 Å². The standard InChI is InChI=1S/C30H22FN7O9/c1-35(2)38(45)34-47-28-16-27(25(36(41)42)15-26(28)37(43)44)46-30(40)23-13-17(7-12-20(23)18-8-10-19(31)11-9-18)14-24-21-5-3-4-6-22(21)29(39)33-32-24/h3-13,15-16H,14H2,1-2H3,(H,33,39)/b38-34+. The van der Waals surface area contributed by atoms with Crippen LogP contribution in [-0.2, 0) is 6.42 Å². The molecule has 5 rings (SSSR count). The fraction of sp³-hybridized carbons (Fsp3) is 0.100. The number of carbonyl (C=O) groups is 1. The highest BCUT2D eigenvalue weighted by atomic mass is 19.1. The molecule has 0 saturated carbocycles. The summed E-state index contributed by atoms with van der Waals surface area (Å²) in [5.74, 6) is -3.13. The van der Waals surface area contributed by atoms with E-state index in [0.717, 1.165) is 5.01 Å². The molecule has 0 aliphatic rings. The van der Waals surface area contributed by atoms with Crippen LogP contribution in [0, 0.1) is 31.3 Å². The van der Waals surface area contributed by atoms with E-state index in [1.54, 1.807) is 36.4 Å². The lowest BCUT2D eigenvalue weighted by molar-refractivity contribution is -0.695. The van der Waals surface area contributed by atoms with Crippen molar-refractivity contribution < 1.29 is 33.6 Å². The molecule has 0 bridgehead atoms. The van der Waals surface area contributed by atoms with Crippen LogP contribution in [0.15, 0.2) is 88.9 Å². The van der Waals surface area contributed by atoms with E-state index in [1.807, 2.05) is 0 Å². The number of halogens is 1. The van der Waals surface area contributed by atoms with E-state index in [-0.39, 0.29) is 28.1 Å². The van der Waals surface area contributed by atoms with Gasteiger partial charge in [0.1, 0.15) is 11.9 Å². The number of rotatable bonds is 10. The van der Waals surface area contributed by atoms with Gasteiger partial charge in [0.15, 0.2) is 0 Å². The summed E-state index contributed by atoms with van der Waals surface area (Å²) in [6, 6.07) is 17.9. The van der Waals surface area contributed by atoms with E-state index in [1.165, 1.54) is 44.4 Å². The van der Waals surface area contributed by atoms with Gasteiger partial charge in [-0.2, -0.15) is 10.1 Å². The predicted octanol–water partition coefficient (Wildman–Crippen LogP) is 5.09. The molecule has 0 aliphatic heterocycles. The van der Waals surface area contributed by atoms with E-state index in [2.05, 4.69) is 15.5 Å².